The Bertz CT molecular complexity index is 496. The van der Waals surface area contributed by atoms with Gasteiger partial charge in [-0.2, -0.15) is 0 Å². The number of aryl methyl sites for hydroxylation is 2. The Morgan fingerprint density at radius 1 is 1.44 bits per heavy atom. The lowest BCUT2D eigenvalue weighted by Crippen LogP contribution is -2.26. The lowest BCUT2D eigenvalue weighted by molar-refractivity contribution is -0.141. The van der Waals surface area contributed by atoms with Crippen molar-refractivity contribution in [3.8, 4) is 0 Å². The first-order chi connectivity index (χ1) is 8.47. The molecular formula is C14H17NO3. The summed E-state index contributed by atoms with van der Waals surface area (Å²) in [6, 6.07) is 6.11. The molecule has 1 aromatic rings. The number of likely N-dealkylation sites (tertiary alicyclic amines) is 1. The highest BCUT2D eigenvalue weighted by Gasteiger charge is 2.34. The summed E-state index contributed by atoms with van der Waals surface area (Å²) < 4.78 is 0. The largest absolute Gasteiger partial charge is 0.481 e. The maximum absolute atomic E-state index is 11.8. The van der Waals surface area contributed by atoms with Gasteiger partial charge in [0.25, 0.3) is 0 Å². The predicted octanol–water partition coefficient (Wildman–Crippen LogP) is 1.74. The van der Waals surface area contributed by atoms with Crippen LogP contribution in [-0.2, 0) is 16.1 Å². The van der Waals surface area contributed by atoms with Crippen LogP contribution in [0.2, 0.25) is 0 Å². The van der Waals surface area contributed by atoms with Crippen LogP contribution < -0.4 is 0 Å². The van der Waals surface area contributed by atoms with Gasteiger partial charge in [-0.3, -0.25) is 9.59 Å². The van der Waals surface area contributed by atoms with Crippen LogP contribution in [0.25, 0.3) is 0 Å². The number of carbonyl (C=O) groups excluding carboxylic acids is 1. The van der Waals surface area contributed by atoms with Gasteiger partial charge in [0, 0.05) is 19.5 Å². The minimum atomic E-state index is -0.883. The zero-order valence-electron chi connectivity index (χ0n) is 10.6. The first kappa shape index (κ1) is 12.6. The van der Waals surface area contributed by atoms with Crippen molar-refractivity contribution in [2.75, 3.05) is 6.54 Å². The average Bonchev–Trinajstić information content (AvgIpc) is 2.66. The highest BCUT2D eigenvalue weighted by molar-refractivity contribution is 5.86. The fourth-order valence-electron chi connectivity index (χ4n) is 2.27. The molecule has 0 aromatic heterocycles. The lowest BCUT2D eigenvalue weighted by atomic mass is 10.1. The minimum absolute atomic E-state index is 0.0664. The molecule has 18 heavy (non-hydrogen) atoms. The molecule has 1 aliphatic rings. The van der Waals surface area contributed by atoms with E-state index in [-0.39, 0.29) is 12.3 Å². The number of rotatable bonds is 3. The summed E-state index contributed by atoms with van der Waals surface area (Å²) >= 11 is 0. The number of benzene rings is 1. The van der Waals surface area contributed by atoms with Crippen molar-refractivity contribution in [2.24, 2.45) is 5.92 Å². The van der Waals surface area contributed by atoms with Crippen LogP contribution in [0.5, 0.6) is 0 Å². The van der Waals surface area contributed by atoms with E-state index >= 15 is 0 Å². The van der Waals surface area contributed by atoms with E-state index in [2.05, 4.69) is 6.07 Å². The summed E-state index contributed by atoms with van der Waals surface area (Å²) in [5, 5.41) is 8.93. The topological polar surface area (TPSA) is 57.6 Å². The highest BCUT2D eigenvalue weighted by atomic mass is 16.4. The Kier molecular flexibility index (Phi) is 3.36. The molecule has 96 valence electrons. The zero-order valence-corrected chi connectivity index (χ0v) is 10.6. The van der Waals surface area contributed by atoms with Crippen LogP contribution in [0.1, 0.15) is 23.1 Å². The molecule has 1 saturated heterocycles. The molecule has 2 rings (SSSR count). The van der Waals surface area contributed by atoms with E-state index in [1.807, 2.05) is 26.0 Å². The van der Waals surface area contributed by atoms with Gasteiger partial charge in [-0.25, -0.2) is 0 Å². The smallest absolute Gasteiger partial charge is 0.308 e. The lowest BCUT2D eigenvalue weighted by Gasteiger charge is -2.18. The van der Waals surface area contributed by atoms with Gasteiger partial charge in [-0.15, -0.1) is 0 Å². The summed E-state index contributed by atoms with van der Waals surface area (Å²) in [6.45, 7) is 4.84. The molecule has 1 unspecified atom stereocenters. The Hall–Kier alpha value is -1.84. The highest BCUT2D eigenvalue weighted by Crippen LogP contribution is 2.22. The number of amides is 1. The molecule has 0 bridgehead atoms. The van der Waals surface area contributed by atoms with Gasteiger partial charge in [0.15, 0.2) is 0 Å². The Morgan fingerprint density at radius 2 is 2.17 bits per heavy atom. The molecule has 4 heteroatoms. The molecule has 0 spiro atoms. The first-order valence-corrected chi connectivity index (χ1v) is 6.04. The van der Waals surface area contributed by atoms with Gasteiger partial charge in [0.05, 0.1) is 5.92 Å². The molecule has 4 nitrogen and oxygen atoms in total. The molecule has 1 N–H and O–H groups in total. The van der Waals surface area contributed by atoms with Crippen LogP contribution in [-0.4, -0.2) is 28.4 Å². The Labute approximate surface area is 106 Å². The van der Waals surface area contributed by atoms with Crippen molar-refractivity contribution in [1.82, 2.24) is 4.90 Å². The number of hydrogen-bond acceptors (Lipinski definition) is 2. The summed E-state index contributed by atoms with van der Waals surface area (Å²) in [7, 11) is 0. The van der Waals surface area contributed by atoms with Crippen LogP contribution in [0.4, 0.5) is 0 Å². The summed E-state index contributed by atoms with van der Waals surface area (Å²) in [4.78, 5) is 24.3. The van der Waals surface area contributed by atoms with Crippen molar-refractivity contribution in [1.29, 1.82) is 0 Å². The van der Waals surface area contributed by atoms with Crippen molar-refractivity contribution in [2.45, 2.75) is 26.8 Å². The quantitative estimate of drug-likeness (QED) is 0.885. The normalized spacial score (nSPS) is 19.3. The van der Waals surface area contributed by atoms with Crippen molar-refractivity contribution in [3.63, 3.8) is 0 Å². The fraction of sp³-hybridized carbons (Fsp3) is 0.429. The zero-order chi connectivity index (χ0) is 13.3. The second kappa shape index (κ2) is 4.80. The third-order valence-electron chi connectivity index (χ3n) is 3.43. The van der Waals surface area contributed by atoms with Crippen LogP contribution in [0.3, 0.4) is 0 Å². The molecule has 1 aliphatic heterocycles. The summed E-state index contributed by atoms with van der Waals surface area (Å²) in [6.07, 6.45) is 0.125. The van der Waals surface area contributed by atoms with Gasteiger partial charge in [-0.1, -0.05) is 23.8 Å². The monoisotopic (exact) mass is 247 g/mol. The Morgan fingerprint density at radius 3 is 2.78 bits per heavy atom. The second-order valence-corrected chi connectivity index (χ2v) is 4.94. The third kappa shape index (κ3) is 2.53. The molecule has 0 radical (unpaired) electrons. The second-order valence-electron chi connectivity index (χ2n) is 4.94. The maximum Gasteiger partial charge on any atom is 0.308 e. The number of nitrogens with zero attached hydrogens (tertiary/aromatic N) is 1. The molecule has 1 aromatic carbocycles. The SMILES string of the molecule is Cc1ccc(C)c(CN2CC(C(=O)O)CC2=O)c1. The minimum Gasteiger partial charge on any atom is -0.481 e. The number of carboxylic acid groups (broad SMARTS) is 1. The van der Waals surface area contributed by atoms with E-state index in [4.69, 9.17) is 5.11 Å². The summed E-state index contributed by atoms with van der Waals surface area (Å²) in [5.74, 6) is -1.50. The first-order valence-electron chi connectivity index (χ1n) is 6.04. The number of aliphatic carboxylic acids is 1. The molecular weight excluding hydrogens is 230 g/mol. The molecule has 1 amide bonds. The van der Waals surface area contributed by atoms with Crippen LogP contribution in [0.15, 0.2) is 18.2 Å². The molecule has 1 fully saturated rings. The van der Waals surface area contributed by atoms with Crippen molar-refractivity contribution >= 4 is 11.9 Å². The van der Waals surface area contributed by atoms with E-state index in [0.717, 1.165) is 16.7 Å². The molecule has 0 saturated carbocycles. The maximum atomic E-state index is 11.8. The van der Waals surface area contributed by atoms with Gasteiger partial charge < -0.3 is 10.0 Å². The van der Waals surface area contributed by atoms with E-state index in [9.17, 15) is 9.59 Å². The Balaban J connectivity index is 2.12. The van der Waals surface area contributed by atoms with Gasteiger partial charge in [0.1, 0.15) is 0 Å². The average molecular weight is 247 g/mol. The summed E-state index contributed by atoms with van der Waals surface area (Å²) in [5.41, 5.74) is 3.37. The number of carboxylic acids is 1. The van der Waals surface area contributed by atoms with E-state index in [1.54, 1.807) is 4.90 Å². The fourth-order valence-corrected chi connectivity index (χ4v) is 2.27. The van der Waals surface area contributed by atoms with Gasteiger partial charge in [-0.05, 0) is 25.0 Å². The number of hydrogen-bond donors (Lipinski definition) is 1. The van der Waals surface area contributed by atoms with E-state index < -0.39 is 11.9 Å². The van der Waals surface area contributed by atoms with Crippen molar-refractivity contribution in [3.05, 3.63) is 34.9 Å². The van der Waals surface area contributed by atoms with Gasteiger partial charge in [0.2, 0.25) is 5.91 Å². The van der Waals surface area contributed by atoms with E-state index in [1.165, 1.54) is 0 Å². The third-order valence-corrected chi connectivity index (χ3v) is 3.43. The standard InChI is InChI=1S/C14H17NO3/c1-9-3-4-10(2)11(5-9)7-15-8-12(14(17)18)6-13(15)16/h3-5,12H,6-8H2,1-2H3,(H,17,18). The van der Waals surface area contributed by atoms with Crippen LogP contribution >= 0.6 is 0 Å². The molecule has 1 heterocycles. The van der Waals surface area contributed by atoms with E-state index in [0.29, 0.717) is 13.1 Å². The molecule has 0 aliphatic carbocycles. The van der Waals surface area contributed by atoms with Gasteiger partial charge >= 0.3 is 5.97 Å². The number of carbonyl (C=O) groups is 2. The van der Waals surface area contributed by atoms with Crippen LogP contribution in [0, 0.1) is 19.8 Å². The molecule has 1 atom stereocenters. The predicted molar refractivity (Wildman–Crippen MR) is 67.1 cm³/mol. The van der Waals surface area contributed by atoms with Crippen molar-refractivity contribution < 1.29 is 14.7 Å².